The van der Waals surface area contributed by atoms with Gasteiger partial charge in [0.1, 0.15) is 18.3 Å². The fraction of sp³-hybridized carbons (Fsp3) is 0.444. The molecule has 1 saturated heterocycles. The van der Waals surface area contributed by atoms with E-state index in [4.69, 9.17) is 19.3 Å². The van der Waals surface area contributed by atoms with Gasteiger partial charge in [-0.05, 0) is 67.2 Å². The van der Waals surface area contributed by atoms with Crippen molar-refractivity contribution in [3.8, 4) is 0 Å². The molecule has 3 atom stereocenters. The lowest BCUT2D eigenvalue weighted by atomic mass is 9.91. The number of aliphatic hydroxyl groups excluding tert-OH is 1. The molecule has 3 aliphatic carbocycles. The smallest absolute Gasteiger partial charge is 0.339 e. The van der Waals surface area contributed by atoms with Gasteiger partial charge in [0, 0.05) is 62.7 Å². The van der Waals surface area contributed by atoms with Gasteiger partial charge in [-0.15, -0.1) is 0 Å². The van der Waals surface area contributed by atoms with Crippen LogP contribution in [-0.4, -0.2) is 85.0 Å². The molecule has 0 aromatic heterocycles. The van der Waals surface area contributed by atoms with Gasteiger partial charge < -0.3 is 34.9 Å². The van der Waals surface area contributed by atoms with Crippen molar-refractivity contribution >= 4 is 29.8 Å². The van der Waals surface area contributed by atoms with E-state index in [1.165, 1.54) is 11.0 Å². The van der Waals surface area contributed by atoms with Crippen molar-refractivity contribution in [3.63, 3.8) is 0 Å². The number of carbonyl (C=O) groups excluding carboxylic acids is 4. The zero-order valence-electron chi connectivity index (χ0n) is 26.6. The SMILES string of the molecule is CN(C)C(=O)C=Cc1ccccc1C(=O)OC1CC(C(=O)NCc2cccc(C(=O)NCCO)c2)=CC2OC(C3CC3)(C3CC3)OC21. The Kier molecular flexibility index (Phi) is 9.58. The number of aliphatic hydroxyl groups is 1. The van der Waals surface area contributed by atoms with E-state index in [2.05, 4.69) is 10.6 Å². The lowest BCUT2D eigenvalue weighted by molar-refractivity contribution is -0.209. The molecule has 1 heterocycles. The summed E-state index contributed by atoms with van der Waals surface area (Å²) in [4.78, 5) is 53.2. The predicted octanol–water partition coefficient (Wildman–Crippen LogP) is 2.98. The molecule has 6 rings (SSSR count). The summed E-state index contributed by atoms with van der Waals surface area (Å²) in [6.45, 7) is 0.161. The lowest BCUT2D eigenvalue weighted by Crippen LogP contribution is -2.44. The quantitative estimate of drug-likeness (QED) is 0.237. The van der Waals surface area contributed by atoms with Crippen LogP contribution in [0, 0.1) is 11.8 Å². The summed E-state index contributed by atoms with van der Waals surface area (Å²) in [6, 6.07) is 13.8. The summed E-state index contributed by atoms with van der Waals surface area (Å²) in [5.41, 5.74) is 2.41. The summed E-state index contributed by atoms with van der Waals surface area (Å²) in [7, 11) is 3.30. The number of hydrogen-bond acceptors (Lipinski definition) is 8. The molecule has 3 amide bonds. The van der Waals surface area contributed by atoms with E-state index < -0.39 is 30.1 Å². The van der Waals surface area contributed by atoms with Gasteiger partial charge in [-0.1, -0.05) is 30.3 Å². The normalized spacial score (nSPS) is 23.0. The molecule has 1 aliphatic heterocycles. The Morgan fingerprint density at radius 2 is 1.72 bits per heavy atom. The van der Waals surface area contributed by atoms with Crippen LogP contribution in [0.5, 0.6) is 0 Å². The molecule has 47 heavy (non-hydrogen) atoms. The number of ether oxygens (including phenoxy) is 3. The average Bonchev–Trinajstić information content (AvgIpc) is 4.02. The van der Waals surface area contributed by atoms with Gasteiger partial charge in [-0.3, -0.25) is 14.4 Å². The standard InChI is InChI=1S/C36H41N3O8/c1-39(2)31(41)15-10-23-7-3-4-9-28(23)35(44)45-29-19-25(20-30-32(29)47-36(46-30,26-11-12-26)27-13-14-27)34(43)38-21-22-6-5-8-24(18-22)33(42)37-16-17-40/h3-10,15,18,20,26-27,29-30,32,40H,11-14,16-17,19,21H2,1-2H3,(H,37,42)(H,38,43). The second-order valence-corrected chi connectivity index (χ2v) is 12.8. The first-order valence-corrected chi connectivity index (χ1v) is 16.2. The van der Waals surface area contributed by atoms with E-state index in [0.717, 1.165) is 31.2 Å². The van der Waals surface area contributed by atoms with Crippen molar-refractivity contribution in [2.45, 2.75) is 62.7 Å². The van der Waals surface area contributed by atoms with Crippen LogP contribution in [0.2, 0.25) is 0 Å². The second kappa shape index (κ2) is 13.8. The molecule has 4 aliphatic rings. The topological polar surface area (TPSA) is 144 Å². The third-order valence-electron chi connectivity index (χ3n) is 9.03. The summed E-state index contributed by atoms with van der Waals surface area (Å²) in [6.07, 6.45) is 7.08. The number of nitrogens with one attached hydrogen (secondary N) is 2. The Morgan fingerprint density at radius 1 is 0.979 bits per heavy atom. The molecule has 248 valence electrons. The van der Waals surface area contributed by atoms with Crippen molar-refractivity contribution in [2.75, 3.05) is 27.2 Å². The molecule has 11 heteroatoms. The van der Waals surface area contributed by atoms with Crippen LogP contribution in [0.1, 0.15) is 63.9 Å². The number of nitrogens with zero attached hydrogens (tertiary/aromatic N) is 1. The largest absolute Gasteiger partial charge is 0.456 e. The highest BCUT2D eigenvalue weighted by atomic mass is 16.8. The van der Waals surface area contributed by atoms with Crippen LogP contribution in [0.3, 0.4) is 0 Å². The number of amides is 3. The molecule has 2 aromatic rings. The van der Waals surface area contributed by atoms with Crippen LogP contribution < -0.4 is 10.6 Å². The zero-order chi connectivity index (χ0) is 33.1. The minimum atomic E-state index is -0.781. The van der Waals surface area contributed by atoms with Gasteiger partial charge >= 0.3 is 5.97 Å². The Hall–Kier alpha value is -4.32. The Labute approximate surface area is 273 Å². The minimum Gasteiger partial charge on any atom is -0.456 e. The fourth-order valence-corrected chi connectivity index (χ4v) is 6.30. The van der Waals surface area contributed by atoms with Crippen LogP contribution in [0.25, 0.3) is 6.08 Å². The van der Waals surface area contributed by atoms with Crippen molar-refractivity contribution in [2.24, 2.45) is 11.8 Å². The van der Waals surface area contributed by atoms with Gasteiger partial charge in [-0.25, -0.2) is 4.79 Å². The molecule has 0 radical (unpaired) electrons. The Balaban J connectivity index is 1.20. The molecule has 3 unspecified atom stereocenters. The number of benzene rings is 2. The molecule has 3 fully saturated rings. The van der Waals surface area contributed by atoms with E-state index >= 15 is 0 Å². The highest BCUT2D eigenvalue weighted by Gasteiger charge is 2.64. The third-order valence-corrected chi connectivity index (χ3v) is 9.03. The van der Waals surface area contributed by atoms with Crippen LogP contribution in [0.4, 0.5) is 0 Å². The molecule has 2 saturated carbocycles. The number of hydrogen-bond donors (Lipinski definition) is 3. The Bertz CT molecular complexity index is 1580. The van der Waals surface area contributed by atoms with Crippen LogP contribution in [-0.2, 0) is 30.3 Å². The minimum absolute atomic E-state index is 0.133. The van der Waals surface area contributed by atoms with Crippen molar-refractivity contribution < 1.29 is 38.5 Å². The van der Waals surface area contributed by atoms with E-state index in [0.29, 0.717) is 22.3 Å². The second-order valence-electron chi connectivity index (χ2n) is 12.8. The van der Waals surface area contributed by atoms with E-state index in [9.17, 15) is 19.2 Å². The highest BCUT2D eigenvalue weighted by Crippen LogP contribution is 2.59. The van der Waals surface area contributed by atoms with E-state index in [-0.39, 0.29) is 55.7 Å². The first-order valence-electron chi connectivity index (χ1n) is 16.2. The first kappa shape index (κ1) is 32.6. The van der Waals surface area contributed by atoms with E-state index in [1.54, 1.807) is 68.7 Å². The van der Waals surface area contributed by atoms with Crippen molar-refractivity contribution in [3.05, 3.63) is 88.5 Å². The van der Waals surface area contributed by atoms with Gasteiger partial charge in [0.2, 0.25) is 11.8 Å². The molecular weight excluding hydrogens is 602 g/mol. The molecule has 3 N–H and O–H groups in total. The van der Waals surface area contributed by atoms with E-state index in [1.807, 2.05) is 6.07 Å². The van der Waals surface area contributed by atoms with Gasteiger partial charge in [-0.2, -0.15) is 0 Å². The van der Waals surface area contributed by atoms with Crippen LogP contribution >= 0.6 is 0 Å². The zero-order valence-corrected chi connectivity index (χ0v) is 26.6. The number of likely N-dealkylation sites (N-methyl/N-ethyl adjacent to an activating group) is 1. The molecule has 2 aromatic carbocycles. The van der Waals surface area contributed by atoms with Gasteiger partial charge in [0.15, 0.2) is 5.79 Å². The number of carbonyl (C=O) groups is 4. The lowest BCUT2D eigenvalue weighted by Gasteiger charge is -2.31. The predicted molar refractivity (Wildman–Crippen MR) is 172 cm³/mol. The maximum absolute atomic E-state index is 13.7. The average molecular weight is 644 g/mol. The maximum atomic E-state index is 13.7. The van der Waals surface area contributed by atoms with Gasteiger partial charge in [0.05, 0.1) is 12.2 Å². The molecule has 0 bridgehead atoms. The summed E-state index contributed by atoms with van der Waals surface area (Å²) in [5.74, 6) is -1.60. The number of fused-ring (bicyclic) bond motifs is 1. The molecular formula is C36H41N3O8. The maximum Gasteiger partial charge on any atom is 0.339 e. The van der Waals surface area contributed by atoms with Gasteiger partial charge in [0.25, 0.3) is 5.91 Å². The Morgan fingerprint density at radius 3 is 2.43 bits per heavy atom. The number of rotatable bonds is 12. The van der Waals surface area contributed by atoms with Crippen LogP contribution in [0.15, 0.2) is 66.3 Å². The first-order chi connectivity index (χ1) is 22.7. The molecule has 0 spiro atoms. The fourth-order valence-electron chi connectivity index (χ4n) is 6.30. The van der Waals surface area contributed by atoms with Crippen molar-refractivity contribution in [1.29, 1.82) is 0 Å². The highest BCUT2D eigenvalue weighted by molar-refractivity contribution is 5.98. The summed E-state index contributed by atoms with van der Waals surface area (Å²) >= 11 is 0. The monoisotopic (exact) mass is 643 g/mol. The third kappa shape index (κ3) is 7.32. The van der Waals surface area contributed by atoms with Crippen molar-refractivity contribution in [1.82, 2.24) is 15.5 Å². The summed E-state index contributed by atoms with van der Waals surface area (Å²) in [5, 5.41) is 14.6. The number of esters is 1. The summed E-state index contributed by atoms with van der Waals surface area (Å²) < 4.78 is 19.5. The molecule has 11 nitrogen and oxygen atoms in total.